The molecule has 53 heavy (non-hydrogen) atoms. The first kappa shape index (κ1) is 29.7. The fourth-order valence-electron chi connectivity index (χ4n) is 8.21. The van der Waals surface area contributed by atoms with Gasteiger partial charge >= 0.3 is 0 Å². The number of hydrogen-bond donors (Lipinski definition) is 0. The summed E-state index contributed by atoms with van der Waals surface area (Å²) in [4.78, 5) is 10.7. The first-order valence-electron chi connectivity index (χ1n) is 18.0. The van der Waals surface area contributed by atoms with Crippen LogP contribution in [0.1, 0.15) is 5.56 Å². The van der Waals surface area contributed by atoms with Gasteiger partial charge in [-0.25, -0.2) is 9.97 Å². The molecule has 0 aliphatic rings. The van der Waals surface area contributed by atoms with Gasteiger partial charge in [0.15, 0.2) is 5.82 Å². The van der Waals surface area contributed by atoms with Crippen molar-refractivity contribution in [2.24, 2.45) is 0 Å². The second-order valence-corrected chi connectivity index (χ2v) is 13.8. The molecule has 0 atom stereocenters. The van der Waals surface area contributed by atoms with Gasteiger partial charge in [0.2, 0.25) is 0 Å². The molecule has 0 unspecified atom stereocenters. The van der Waals surface area contributed by atoms with E-state index in [0.717, 1.165) is 66.7 Å². The van der Waals surface area contributed by atoms with Crippen molar-refractivity contribution in [3.8, 4) is 39.6 Å². The first-order valence-corrected chi connectivity index (χ1v) is 18.0. The van der Waals surface area contributed by atoms with Crippen molar-refractivity contribution in [2.45, 2.75) is 6.92 Å². The van der Waals surface area contributed by atoms with E-state index in [1.807, 2.05) is 0 Å². The largest absolute Gasteiger partial charge is 0.456 e. The Morgan fingerprint density at radius 3 is 1.77 bits per heavy atom. The van der Waals surface area contributed by atoms with Crippen LogP contribution >= 0.6 is 0 Å². The van der Waals surface area contributed by atoms with E-state index in [2.05, 4.69) is 181 Å². The zero-order valence-electron chi connectivity index (χ0n) is 28.9. The minimum Gasteiger partial charge on any atom is -0.456 e. The molecule has 0 aliphatic carbocycles. The average molecular weight is 678 g/mol. The van der Waals surface area contributed by atoms with Gasteiger partial charge in [-0.3, -0.25) is 0 Å². The molecule has 4 heteroatoms. The summed E-state index contributed by atoms with van der Waals surface area (Å²) in [6, 6.07) is 60.0. The highest BCUT2D eigenvalue weighted by Crippen LogP contribution is 2.41. The van der Waals surface area contributed by atoms with E-state index in [1.54, 1.807) is 0 Å². The van der Waals surface area contributed by atoms with Gasteiger partial charge in [-0.1, -0.05) is 121 Å². The number of aromatic nitrogens is 3. The second-order valence-electron chi connectivity index (χ2n) is 13.8. The summed E-state index contributed by atoms with van der Waals surface area (Å²) < 4.78 is 9.02. The molecule has 0 fully saturated rings. The third-order valence-electron chi connectivity index (χ3n) is 10.8. The Bertz CT molecular complexity index is 3200. The number of benzene rings is 8. The maximum atomic E-state index is 6.69. The number of furan rings is 1. The molecule has 0 aliphatic heterocycles. The van der Waals surface area contributed by atoms with E-state index in [4.69, 9.17) is 14.4 Å². The van der Waals surface area contributed by atoms with Crippen LogP contribution in [0.2, 0.25) is 0 Å². The highest BCUT2D eigenvalue weighted by atomic mass is 16.3. The Hall–Kier alpha value is -7.04. The summed E-state index contributed by atoms with van der Waals surface area (Å²) in [5.41, 5.74) is 11.0. The molecule has 11 aromatic rings. The van der Waals surface area contributed by atoms with E-state index in [9.17, 15) is 0 Å². The lowest BCUT2D eigenvalue weighted by molar-refractivity contribution is 0.668. The lowest BCUT2D eigenvalue weighted by Crippen LogP contribution is -2.00. The Labute approximate surface area is 305 Å². The van der Waals surface area contributed by atoms with Gasteiger partial charge in [-0.2, -0.15) is 0 Å². The van der Waals surface area contributed by atoms with Crippen molar-refractivity contribution in [2.75, 3.05) is 0 Å². The number of fused-ring (bicyclic) bond motifs is 8. The molecule has 11 rings (SSSR count). The van der Waals surface area contributed by atoms with Gasteiger partial charge in [0.05, 0.1) is 22.4 Å². The highest BCUT2D eigenvalue weighted by Gasteiger charge is 2.21. The fraction of sp³-hybridized carbons (Fsp3) is 0.0204. The van der Waals surface area contributed by atoms with Gasteiger partial charge in [-0.15, -0.1) is 0 Å². The highest BCUT2D eigenvalue weighted by molar-refractivity contribution is 6.14. The lowest BCUT2D eigenvalue weighted by Gasteiger charge is -2.15. The first-order chi connectivity index (χ1) is 26.2. The molecule has 3 heterocycles. The number of nitrogens with zero attached hydrogens (tertiary/aromatic N) is 3. The normalized spacial score (nSPS) is 11.9. The third kappa shape index (κ3) is 4.62. The van der Waals surface area contributed by atoms with Crippen molar-refractivity contribution in [1.82, 2.24) is 14.5 Å². The van der Waals surface area contributed by atoms with Crippen molar-refractivity contribution in [3.05, 3.63) is 175 Å². The smallest absolute Gasteiger partial charge is 0.160 e. The molecule has 0 saturated heterocycles. The van der Waals surface area contributed by atoms with Gasteiger partial charge in [0, 0.05) is 55.6 Å². The molecule has 0 spiro atoms. The maximum absolute atomic E-state index is 6.69. The van der Waals surface area contributed by atoms with Crippen molar-refractivity contribution in [3.63, 3.8) is 0 Å². The lowest BCUT2D eigenvalue weighted by atomic mass is 9.96. The molecule has 248 valence electrons. The summed E-state index contributed by atoms with van der Waals surface area (Å²) in [6.07, 6.45) is 0. The molecule has 0 N–H and O–H groups in total. The van der Waals surface area contributed by atoms with Crippen LogP contribution in [0.5, 0.6) is 0 Å². The van der Waals surface area contributed by atoms with Crippen LogP contribution in [0.25, 0.3) is 105 Å². The molecule has 0 bridgehead atoms. The van der Waals surface area contributed by atoms with Crippen molar-refractivity contribution >= 4 is 65.3 Å². The molecular weight excluding hydrogens is 647 g/mol. The van der Waals surface area contributed by atoms with E-state index in [-0.39, 0.29) is 0 Å². The summed E-state index contributed by atoms with van der Waals surface area (Å²) in [5.74, 6) is 0.693. The average Bonchev–Trinajstić information content (AvgIpc) is 3.76. The monoisotopic (exact) mass is 677 g/mol. The van der Waals surface area contributed by atoms with Gasteiger partial charge in [0.25, 0.3) is 0 Å². The van der Waals surface area contributed by atoms with Crippen LogP contribution in [-0.4, -0.2) is 14.5 Å². The van der Waals surface area contributed by atoms with Crippen LogP contribution < -0.4 is 0 Å². The van der Waals surface area contributed by atoms with Crippen LogP contribution in [-0.2, 0) is 0 Å². The fourth-order valence-corrected chi connectivity index (χ4v) is 8.21. The zero-order valence-corrected chi connectivity index (χ0v) is 28.9. The van der Waals surface area contributed by atoms with Crippen LogP contribution in [0.15, 0.2) is 174 Å². The Morgan fingerprint density at radius 1 is 0.453 bits per heavy atom. The Kier molecular flexibility index (Phi) is 6.43. The standard InChI is InChI=1S/C49H31N3O/c1-30-47(35-23-21-31-11-2-4-13-33(31)27-35)50-49(36-24-22-32-12-3-5-14-34(32)28-36)51-48(30)41-17-10-20-44-46(41)40-26-25-37(29-45(40)53-44)52-42-18-8-6-15-38(42)39-16-7-9-19-43(39)52/h2-29H,1H3. The number of para-hydroxylation sites is 2. The summed E-state index contributed by atoms with van der Waals surface area (Å²) in [7, 11) is 0. The molecule has 0 amide bonds. The Balaban J connectivity index is 1.14. The molecule has 0 radical (unpaired) electrons. The zero-order chi connectivity index (χ0) is 35.0. The topological polar surface area (TPSA) is 43.9 Å². The molecule has 0 saturated carbocycles. The SMILES string of the molecule is Cc1c(-c2ccc3ccccc3c2)nc(-c2ccc3ccccc3c2)nc1-c1cccc2oc3cc(-n4c5ccccc5c5ccccc54)ccc3c12. The van der Waals surface area contributed by atoms with Crippen LogP contribution in [0.3, 0.4) is 0 Å². The quantitative estimate of drug-likeness (QED) is 0.186. The van der Waals surface area contributed by atoms with Gasteiger partial charge < -0.3 is 8.98 Å². The van der Waals surface area contributed by atoms with E-state index in [1.165, 1.54) is 38.0 Å². The molecule has 4 nitrogen and oxygen atoms in total. The predicted molar refractivity (Wildman–Crippen MR) is 220 cm³/mol. The molecular formula is C49H31N3O. The van der Waals surface area contributed by atoms with Gasteiger partial charge in [-0.05, 0) is 70.9 Å². The van der Waals surface area contributed by atoms with Crippen LogP contribution in [0.4, 0.5) is 0 Å². The summed E-state index contributed by atoms with van der Waals surface area (Å²) >= 11 is 0. The van der Waals surface area contributed by atoms with Crippen molar-refractivity contribution in [1.29, 1.82) is 0 Å². The summed E-state index contributed by atoms with van der Waals surface area (Å²) in [6.45, 7) is 2.14. The van der Waals surface area contributed by atoms with E-state index in [0.29, 0.717) is 5.82 Å². The minimum absolute atomic E-state index is 0.693. The minimum atomic E-state index is 0.693. The van der Waals surface area contributed by atoms with Crippen molar-refractivity contribution < 1.29 is 4.42 Å². The van der Waals surface area contributed by atoms with Crippen LogP contribution in [0, 0.1) is 6.92 Å². The third-order valence-corrected chi connectivity index (χ3v) is 10.8. The summed E-state index contributed by atoms with van der Waals surface area (Å²) in [5, 5.41) is 9.30. The Morgan fingerprint density at radius 2 is 1.06 bits per heavy atom. The molecule has 8 aromatic carbocycles. The maximum Gasteiger partial charge on any atom is 0.160 e. The predicted octanol–water partition coefficient (Wildman–Crippen LogP) is 13.1. The van der Waals surface area contributed by atoms with E-state index < -0.39 is 0 Å². The number of hydrogen-bond acceptors (Lipinski definition) is 3. The second kappa shape index (κ2) is 11.5. The number of rotatable bonds is 4. The van der Waals surface area contributed by atoms with Gasteiger partial charge in [0.1, 0.15) is 11.2 Å². The molecule has 3 aromatic heterocycles. The van der Waals surface area contributed by atoms with E-state index >= 15 is 0 Å².